The van der Waals surface area contributed by atoms with Gasteiger partial charge in [-0.05, 0) is 34.4 Å². The molecule has 0 fully saturated rings. The molecule has 4 aromatic rings. The van der Waals surface area contributed by atoms with Crippen LogP contribution in [-0.4, -0.2) is 11.6 Å². The van der Waals surface area contributed by atoms with E-state index in [-0.39, 0.29) is 17.1 Å². The summed E-state index contributed by atoms with van der Waals surface area (Å²) in [4.78, 5) is 26.8. The highest BCUT2D eigenvalue weighted by Gasteiger charge is 2.45. The van der Waals surface area contributed by atoms with Gasteiger partial charge in [-0.1, -0.05) is 109 Å². The molecule has 1 heterocycles. The molecule has 0 N–H and O–H groups in total. The molecule has 0 bridgehead atoms. The van der Waals surface area contributed by atoms with Gasteiger partial charge >= 0.3 is 0 Å². The molecule has 0 saturated carbocycles. The Bertz CT molecular complexity index is 1420. The predicted molar refractivity (Wildman–Crippen MR) is 138 cm³/mol. The zero-order valence-electron chi connectivity index (χ0n) is 18.3. The van der Waals surface area contributed by atoms with Crippen LogP contribution in [0, 0.1) is 0 Å². The fraction of sp³-hybridized carbons (Fsp3) is 0.0323. The SMILES string of the molecule is O=C1C(=CC=C2SC(c3ccccc3)(c3ccccc3)c3ccccc32)C(=O)c2ccccc21. The summed E-state index contributed by atoms with van der Waals surface area (Å²) in [5.41, 5.74) is 5.90. The molecule has 0 saturated heterocycles. The zero-order valence-corrected chi connectivity index (χ0v) is 19.1. The van der Waals surface area contributed by atoms with Crippen LogP contribution in [0.15, 0.2) is 127 Å². The van der Waals surface area contributed by atoms with Crippen molar-refractivity contribution < 1.29 is 9.59 Å². The first kappa shape index (κ1) is 20.6. The molecule has 4 aromatic carbocycles. The molecule has 0 atom stereocenters. The molecule has 0 spiro atoms. The molecule has 0 radical (unpaired) electrons. The van der Waals surface area contributed by atoms with Crippen molar-refractivity contribution in [3.8, 4) is 0 Å². The smallest absolute Gasteiger partial charge is 0.197 e. The molecule has 2 aliphatic rings. The van der Waals surface area contributed by atoms with E-state index in [1.165, 1.54) is 16.7 Å². The zero-order chi connectivity index (χ0) is 23.1. The van der Waals surface area contributed by atoms with Crippen molar-refractivity contribution in [2.75, 3.05) is 0 Å². The van der Waals surface area contributed by atoms with Gasteiger partial charge < -0.3 is 0 Å². The van der Waals surface area contributed by atoms with Crippen molar-refractivity contribution in [2.45, 2.75) is 4.75 Å². The fourth-order valence-corrected chi connectivity index (χ4v) is 6.48. The third-order valence-electron chi connectivity index (χ3n) is 6.50. The van der Waals surface area contributed by atoms with E-state index in [2.05, 4.69) is 66.7 Å². The maximum absolute atomic E-state index is 12.9. The normalized spacial score (nSPS) is 17.1. The summed E-state index contributed by atoms with van der Waals surface area (Å²) in [5, 5.41) is 0. The summed E-state index contributed by atoms with van der Waals surface area (Å²) in [6.07, 6.45) is 3.64. The van der Waals surface area contributed by atoms with Crippen molar-refractivity contribution in [3.05, 3.63) is 160 Å². The van der Waals surface area contributed by atoms with Gasteiger partial charge in [0.1, 0.15) is 0 Å². The van der Waals surface area contributed by atoms with Crippen molar-refractivity contribution in [3.63, 3.8) is 0 Å². The number of hydrogen-bond donors (Lipinski definition) is 0. The molecule has 34 heavy (non-hydrogen) atoms. The van der Waals surface area contributed by atoms with Crippen molar-refractivity contribution >= 4 is 28.2 Å². The Morgan fingerprint density at radius 2 is 1.00 bits per heavy atom. The largest absolute Gasteiger partial charge is 0.288 e. The topological polar surface area (TPSA) is 34.1 Å². The van der Waals surface area contributed by atoms with Crippen LogP contribution in [0.2, 0.25) is 0 Å². The lowest BCUT2D eigenvalue weighted by molar-refractivity contribution is 0.0989. The average Bonchev–Trinajstić information content (AvgIpc) is 3.36. The van der Waals surface area contributed by atoms with E-state index in [9.17, 15) is 9.59 Å². The summed E-state index contributed by atoms with van der Waals surface area (Å²) in [6, 6.07) is 36.4. The first-order valence-electron chi connectivity index (χ1n) is 11.2. The summed E-state index contributed by atoms with van der Waals surface area (Å²) >= 11 is 1.76. The molecule has 3 heteroatoms. The molecule has 6 rings (SSSR count). The summed E-state index contributed by atoms with van der Waals surface area (Å²) < 4.78 is -0.421. The summed E-state index contributed by atoms with van der Waals surface area (Å²) in [5.74, 6) is -0.405. The van der Waals surface area contributed by atoms with Crippen LogP contribution in [-0.2, 0) is 4.75 Å². The number of carbonyl (C=O) groups excluding carboxylic acids is 2. The molecule has 0 unspecified atom stereocenters. The predicted octanol–water partition coefficient (Wildman–Crippen LogP) is 7.07. The molecule has 2 nitrogen and oxygen atoms in total. The standard InChI is InChI=1S/C31H20O2S/c32-29-23-15-7-8-16-24(23)30(33)26(29)19-20-28-25-17-9-10-18-27(25)31(34-28,21-11-3-1-4-12-21)22-13-5-2-6-14-22/h1-20H. The monoisotopic (exact) mass is 456 g/mol. The Kier molecular flexibility index (Phi) is 4.93. The molecule has 162 valence electrons. The third kappa shape index (κ3) is 3.05. The van der Waals surface area contributed by atoms with Gasteiger partial charge in [-0.2, -0.15) is 0 Å². The van der Waals surface area contributed by atoms with Crippen LogP contribution in [0.25, 0.3) is 4.91 Å². The van der Waals surface area contributed by atoms with Gasteiger partial charge in [-0.3, -0.25) is 9.59 Å². The van der Waals surface area contributed by atoms with E-state index in [0.717, 1.165) is 10.5 Å². The number of rotatable bonds is 3. The van der Waals surface area contributed by atoms with Crippen molar-refractivity contribution in [1.29, 1.82) is 0 Å². The molecule has 1 aliphatic heterocycles. The number of benzene rings is 4. The molecule has 0 aromatic heterocycles. The first-order valence-corrected chi connectivity index (χ1v) is 12.0. The fourth-order valence-electron chi connectivity index (χ4n) is 4.93. The van der Waals surface area contributed by atoms with Crippen LogP contribution in [0.4, 0.5) is 0 Å². The highest BCUT2D eigenvalue weighted by Crippen LogP contribution is 2.60. The summed E-state index contributed by atoms with van der Waals surface area (Å²) in [7, 11) is 0. The Morgan fingerprint density at radius 1 is 0.529 bits per heavy atom. The van der Waals surface area contributed by atoms with Crippen LogP contribution >= 0.6 is 11.8 Å². The van der Waals surface area contributed by atoms with Crippen molar-refractivity contribution in [2.24, 2.45) is 0 Å². The maximum atomic E-state index is 12.9. The van der Waals surface area contributed by atoms with E-state index in [1.54, 1.807) is 42.1 Å². The molecule has 1 aliphatic carbocycles. The van der Waals surface area contributed by atoms with E-state index in [4.69, 9.17) is 0 Å². The second-order valence-electron chi connectivity index (χ2n) is 8.38. The second-order valence-corrected chi connectivity index (χ2v) is 9.63. The minimum atomic E-state index is -0.421. The van der Waals surface area contributed by atoms with Gasteiger partial charge in [-0.15, -0.1) is 11.8 Å². The van der Waals surface area contributed by atoms with Gasteiger partial charge in [-0.25, -0.2) is 0 Å². The highest BCUT2D eigenvalue weighted by molar-refractivity contribution is 8.10. The van der Waals surface area contributed by atoms with E-state index < -0.39 is 4.75 Å². The number of Topliss-reactive ketones (excluding diaryl/α,β-unsaturated/α-hetero) is 2. The average molecular weight is 457 g/mol. The molecular weight excluding hydrogens is 436 g/mol. The number of hydrogen-bond acceptors (Lipinski definition) is 3. The second kappa shape index (κ2) is 8.12. The number of thioether (sulfide) groups is 1. The Hall–Kier alpha value is -3.95. The first-order chi connectivity index (χ1) is 16.7. The number of ketones is 2. The minimum absolute atomic E-state index is 0.203. The lowest BCUT2D eigenvalue weighted by Gasteiger charge is -2.31. The van der Waals surface area contributed by atoms with E-state index in [0.29, 0.717) is 11.1 Å². The quantitative estimate of drug-likeness (QED) is 0.244. The van der Waals surface area contributed by atoms with Gasteiger partial charge in [0.05, 0.1) is 10.3 Å². The summed E-state index contributed by atoms with van der Waals surface area (Å²) in [6.45, 7) is 0. The molecular formula is C31H20O2S. The molecule has 0 amide bonds. The van der Waals surface area contributed by atoms with E-state index in [1.807, 2.05) is 24.3 Å². The lowest BCUT2D eigenvalue weighted by Crippen LogP contribution is -2.22. The maximum Gasteiger partial charge on any atom is 0.197 e. The van der Waals surface area contributed by atoms with Crippen LogP contribution in [0.3, 0.4) is 0 Å². The lowest BCUT2D eigenvalue weighted by atomic mass is 9.82. The van der Waals surface area contributed by atoms with Gasteiger partial charge in [0, 0.05) is 16.0 Å². The minimum Gasteiger partial charge on any atom is -0.288 e. The van der Waals surface area contributed by atoms with Gasteiger partial charge in [0.25, 0.3) is 0 Å². The number of carbonyl (C=O) groups is 2. The van der Waals surface area contributed by atoms with Crippen LogP contribution in [0.5, 0.6) is 0 Å². The van der Waals surface area contributed by atoms with Crippen molar-refractivity contribution in [1.82, 2.24) is 0 Å². The van der Waals surface area contributed by atoms with E-state index >= 15 is 0 Å². The van der Waals surface area contributed by atoms with Crippen LogP contribution in [0.1, 0.15) is 43.0 Å². The third-order valence-corrected chi connectivity index (χ3v) is 8.08. The Labute approximate surface area is 202 Å². The Balaban J connectivity index is 1.52. The van der Waals surface area contributed by atoms with Gasteiger partial charge in [0.15, 0.2) is 11.6 Å². The number of fused-ring (bicyclic) bond motifs is 2. The van der Waals surface area contributed by atoms with Gasteiger partial charge in [0.2, 0.25) is 0 Å². The number of allylic oxidation sites excluding steroid dienone is 3. The highest BCUT2D eigenvalue weighted by atomic mass is 32.2. The Morgan fingerprint density at radius 3 is 1.56 bits per heavy atom. The van der Waals surface area contributed by atoms with Crippen LogP contribution < -0.4 is 0 Å².